The first-order valence-corrected chi connectivity index (χ1v) is 14.8. The summed E-state index contributed by atoms with van der Waals surface area (Å²) < 4.78 is 11.8. The number of thioether (sulfide) groups is 1. The number of anilines is 2. The molecule has 4 rings (SSSR count). The number of hydrogen-bond donors (Lipinski definition) is 3. The summed E-state index contributed by atoms with van der Waals surface area (Å²) in [6.45, 7) is 0. The number of nitrogens with one attached hydrogen (secondary N) is 3. The summed E-state index contributed by atoms with van der Waals surface area (Å²) >= 11 is 3.59. The predicted octanol–water partition coefficient (Wildman–Crippen LogP) is 6.45. The van der Waals surface area contributed by atoms with E-state index in [1.54, 1.807) is 60.7 Å². The average Bonchev–Trinajstić information content (AvgIpc) is 3.01. The third-order valence-electron chi connectivity index (χ3n) is 5.86. The van der Waals surface area contributed by atoms with E-state index in [0.717, 1.165) is 14.2 Å². The number of ether oxygens (including phenoxy) is 2. The average molecular weight is 694 g/mol. The largest absolute Gasteiger partial charge is 0.493 e. The van der Waals surface area contributed by atoms with E-state index in [4.69, 9.17) is 9.47 Å². The van der Waals surface area contributed by atoms with E-state index < -0.39 is 11.8 Å². The molecule has 4 aromatic rings. The first-order valence-electron chi connectivity index (χ1n) is 12.7. The van der Waals surface area contributed by atoms with Gasteiger partial charge >= 0.3 is 0 Å². The molecule has 0 aliphatic heterocycles. The van der Waals surface area contributed by atoms with Crippen molar-refractivity contribution in [3.05, 3.63) is 117 Å². The molecule has 10 heteroatoms. The zero-order valence-corrected chi connectivity index (χ0v) is 25.8. The Morgan fingerprint density at radius 3 is 2.10 bits per heavy atom. The number of benzene rings is 4. The lowest BCUT2D eigenvalue weighted by atomic mass is 10.1. The molecule has 3 N–H and O–H groups in total. The monoisotopic (exact) mass is 693 g/mol. The highest BCUT2D eigenvalue weighted by molar-refractivity contribution is 14.1. The fourth-order valence-corrected chi connectivity index (χ4v) is 4.82. The summed E-state index contributed by atoms with van der Waals surface area (Å²) in [5.41, 5.74) is 2.36. The number of rotatable bonds is 11. The zero-order chi connectivity index (χ0) is 29.9. The van der Waals surface area contributed by atoms with Gasteiger partial charge in [0.05, 0.1) is 20.0 Å². The summed E-state index contributed by atoms with van der Waals surface area (Å²) in [5, 5.41) is 8.43. The second-order valence-corrected chi connectivity index (χ2v) is 11.1. The molecule has 0 unspecified atom stereocenters. The SMILES string of the molecule is COc1ccc(/C=C(\NC(=O)c2ccccc2)C(=O)Nc2ccc(SCC(=O)Nc3ccc(I)cc3)cc2)cc1OC. The maximum absolute atomic E-state index is 13.3. The third-order valence-corrected chi connectivity index (χ3v) is 7.59. The summed E-state index contributed by atoms with van der Waals surface area (Å²) in [5.74, 6) is 0.221. The minimum absolute atomic E-state index is 0.0433. The number of hydrogen-bond acceptors (Lipinski definition) is 6. The van der Waals surface area contributed by atoms with Crippen LogP contribution in [0, 0.1) is 3.57 Å². The molecule has 0 aliphatic rings. The molecule has 0 bridgehead atoms. The highest BCUT2D eigenvalue weighted by Crippen LogP contribution is 2.28. The van der Waals surface area contributed by atoms with Crippen molar-refractivity contribution in [2.75, 3.05) is 30.6 Å². The van der Waals surface area contributed by atoms with Gasteiger partial charge in [-0.25, -0.2) is 0 Å². The summed E-state index contributed by atoms with van der Waals surface area (Å²) in [6, 6.07) is 28.5. The van der Waals surface area contributed by atoms with E-state index in [0.29, 0.717) is 28.3 Å². The molecule has 0 aliphatic carbocycles. The van der Waals surface area contributed by atoms with E-state index in [-0.39, 0.29) is 17.4 Å². The van der Waals surface area contributed by atoms with Crippen molar-refractivity contribution < 1.29 is 23.9 Å². The fraction of sp³-hybridized carbons (Fsp3) is 0.0938. The van der Waals surface area contributed by atoms with Gasteiger partial charge in [0.15, 0.2) is 11.5 Å². The van der Waals surface area contributed by atoms with Crippen molar-refractivity contribution >= 4 is 69.5 Å². The van der Waals surface area contributed by atoms with Gasteiger partial charge in [0.2, 0.25) is 5.91 Å². The standard InChI is InChI=1S/C32H28IN3O5S/c1-40-28-17-8-21(19-29(28)41-2)18-27(36-31(38)22-6-4-3-5-7-22)32(39)35-25-13-15-26(16-14-25)42-20-30(37)34-24-11-9-23(33)10-12-24/h3-19H,20H2,1-2H3,(H,34,37)(H,35,39)(H,36,38)/b27-18-. The maximum atomic E-state index is 13.3. The Morgan fingerprint density at radius 1 is 0.786 bits per heavy atom. The number of carbonyl (C=O) groups excluding carboxylic acids is 3. The molecule has 0 spiro atoms. The molecule has 0 heterocycles. The third kappa shape index (κ3) is 8.85. The van der Waals surface area contributed by atoms with Crippen LogP contribution in [0.2, 0.25) is 0 Å². The molecule has 214 valence electrons. The quantitative estimate of drug-likeness (QED) is 0.0949. The normalized spacial score (nSPS) is 10.9. The Labute approximate surface area is 262 Å². The van der Waals surface area contributed by atoms with Gasteiger partial charge in [0.1, 0.15) is 5.70 Å². The second-order valence-electron chi connectivity index (χ2n) is 8.81. The van der Waals surface area contributed by atoms with Crippen LogP contribution in [0.3, 0.4) is 0 Å². The predicted molar refractivity (Wildman–Crippen MR) is 175 cm³/mol. The van der Waals surface area contributed by atoms with Crippen molar-refractivity contribution in [1.82, 2.24) is 5.32 Å². The Balaban J connectivity index is 1.44. The van der Waals surface area contributed by atoms with Crippen LogP contribution in [0.15, 0.2) is 108 Å². The highest BCUT2D eigenvalue weighted by atomic mass is 127. The molecule has 8 nitrogen and oxygen atoms in total. The topological polar surface area (TPSA) is 106 Å². The highest BCUT2D eigenvalue weighted by Gasteiger charge is 2.16. The van der Waals surface area contributed by atoms with E-state index in [1.165, 1.54) is 26.0 Å². The lowest BCUT2D eigenvalue weighted by Gasteiger charge is -2.13. The summed E-state index contributed by atoms with van der Waals surface area (Å²) in [4.78, 5) is 39.5. The van der Waals surface area contributed by atoms with Gasteiger partial charge in [-0.15, -0.1) is 11.8 Å². The number of methoxy groups -OCH3 is 2. The molecule has 0 saturated carbocycles. The van der Waals surface area contributed by atoms with Crippen LogP contribution in [0.1, 0.15) is 15.9 Å². The Hall–Kier alpha value is -4.29. The number of carbonyl (C=O) groups is 3. The van der Waals surface area contributed by atoms with Crippen LogP contribution in [0.25, 0.3) is 6.08 Å². The number of amides is 3. The molecular weight excluding hydrogens is 665 g/mol. The molecule has 0 fully saturated rings. The molecule has 0 radical (unpaired) electrons. The molecule has 0 atom stereocenters. The van der Waals surface area contributed by atoms with E-state index in [1.807, 2.05) is 42.5 Å². The van der Waals surface area contributed by atoms with Crippen LogP contribution in [0.5, 0.6) is 11.5 Å². The molecule has 3 amide bonds. The molecule has 4 aromatic carbocycles. The smallest absolute Gasteiger partial charge is 0.272 e. The number of halogens is 1. The Morgan fingerprint density at radius 2 is 1.43 bits per heavy atom. The van der Waals surface area contributed by atoms with Gasteiger partial charge < -0.3 is 25.4 Å². The van der Waals surface area contributed by atoms with E-state index in [2.05, 4.69) is 38.5 Å². The van der Waals surface area contributed by atoms with Gasteiger partial charge in [0.25, 0.3) is 11.8 Å². The lowest BCUT2D eigenvalue weighted by Crippen LogP contribution is -2.30. The maximum Gasteiger partial charge on any atom is 0.272 e. The van der Waals surface area contributed by atoms with Crippen molar-refractivity contribution in [3.63, 3.8) is 0 Å². The Kier molecular flexibility index (Phi) is 11.0. The van der Waals surface area contributed by atoms with Gasteiger partial charge in [-0.3, -0.25) is 14.4 Å². The van der Waals surface area contributed by atoms with E-state index >= 15 is 0 Å². The second kappa shape index (κ2) is 15.1. The molecular formula is C32H28IN3O5S. The minimum atomic E-state index is -0.508. The summed E-state index contributed by atoms with van der Waals surface area (Å²) in [7, 11) is 3.06. The molecule has 0 aromatic heterocycles. The van der Waals surface area contributed by atoms with Crippen LogP contribution in [-0.4, -0.2) is 37.7 Å². The minimum Gasteiger partial charge on any atom is -0.493 e. The molecule has 42 heavy (non-hydrogen) atoms. The van der Waals surface area contributed by atoms with Crippen molar-refractivity contribution in [3.8, 4) is 11.5 Å². The first-order chi connectivity index (χ1) is 20.3. The summed E-state index contributed by atoms with van der Waals surface area (Å²) in [6.07, 6.45) is 1.56. The van der Waals surface area contributed by atoms with Crippen LogP contribution in [0.4, 0.5) is 11.4 Å². The van der Waals surface area contributed by atoms with Crippen molar-refractivity contribution in [2.24, 2.45) is 0 Å². The first kappa shape index (κ1) is 30.7. The van der Waals surface area contributed by atoms with Crippen molar-refractivity contribution in [1.29, 1.82) is 0 Å². The van der Waals surface area contributed by atoms with Crippen LogP contribution < -0.4 is 25.4 Å². The van der Waals surface area contributed by atoms with Crippen LogP contribution in [-0.2, 0) is 9.59 Å². The zero-order valence-electron chi connectivity index (χ0n) is 22.8. The van der Waals surface area contributed by atoms with Gasteiger partial charge in [0, 0.05) is 25.4 Å². The van der Waals surface area contributed by atoms with Gasteiger partial charge in [-0.2, -0.15) is 0 Å². The van der Waals surface area contributed by atoms with E-state index in [9.17, 15) is 14.4 Å². The van der Waals surface area contributed by atoms with Crippen LogP contribution >= 0.6 is 34.4 Å². The molecule has 0 saturated heterocycles. The van der Waals surface area contributed by atoms with Gasteiger partial charge in [-0.05, 0) is 107 Å². The van der Waals surface area contributed by atoms with Gasteiger partial charge in [-0.1, -0.05) is 24.3 Å². The van der Waals surface area contributed by atoms with Crippen molar-refractivity contribution in [2.45, 2.75) is 4.90 Å². The lowest BCUT2D eigenvalue weighted by molar-refractivity contribution is -0.114. The Bertz CT molecular complexity index is 1580. The fourth-order valence-electron chi connectivity index (χ4n) is 3.76.